The van der Waals surface area contributed by atoms with Gasteiger partial charge in [0.25, 0.3) is 5.91 Å². The van der Waals surface area contributed by atoms with Crippen LogP contribution in [0.2, 0.25) is 0 Å². The number of nitrogens with two attached hydrogens (primary N) is 1. The molecule has 8 nitrogen and oxygen atoms in total. The van der Waals surface area contributed by atoms with Gasteiger partial charge in [0.15, 0.2) is 0 Å². The molecule has 3 rings (SSSR count). The fraction of sp³-hybridized carbons (Fsp3) is 0.0476. The number of benzene rings is 1. The highest BCUT2D eigenvalue weighted by Gasteiger charge is 2.15. The van der Waals surface area contributed by atoms with Crippen LogP contribution < -0.4 is 11.1 Å². The predicted molar refractivity (Wildman–Crippen MR) is 107 cm³/mol. The first-order valence-corrected chi connectivity index (χ1v) is 8.46. The normalized spacial score (nSPS) is 9.90. The van der Waals surface area contributed by atoms with Crippen molar-refractivity contribution in [2.75, 3.05) is 11.1 Å². The highest BCUT2D eigenvalue weighted by Crippen LogP contribution is 2.22. The lowest BCUT2D eigenvalue weighted by atomic mass is 10.0. The number of aromatic nitrogens is 2. The number of anilines is 2. The lowest BCUT2D eigenvalue weighted by molar-refractivity contribution is 0.102. The Balaban J connectivity index is 1.89. The number of amides is 1. The van der Waals surface area contributed by atoms with E-state index in [-0.39, 0.29) is 17.1 Å². The van der Waals surface area contributed by atoms with Gasteiger partial charge >= 0.3 is 0 Å². The Morgan fingerprint density at radius 2 is 1.93 bits per heavy atom. The van der Waals surface area contributed by atoms with E-state index in [0.29, 0.717) is 33.6 Å². The van der Waals surface area contributed by atoms with Crippen LogP contribution in [0.15, 0.2) is 48.8 Å². The molecule has 0 aliphatic carbocycles. The van der Waals surface area contributed by atoms with Gasteiger partial charge in [-0.2, -0.15) is 10.5 Å². The van der Waals surface area contributed by atoms with Crippen molar-refractivity contribution in [3.8, 4) is 12.1 Å². The number of nitriles is 2. The van der Waals surface area contributed by atoms with Crippen molar-refractivity contribution >= 4 is 23.0 Å². The van der Waals surface area contributed by atoms with E-state index in [1.807, 2.05) is 12.1 Å². The van der Waals surface area contributed by atoms with Crippen molar-refractivity contribution in [2.45, 2.75) is 6.92 Å². The van der Waals surface area contributed by atoms with Crippen molar-refractivity contribution in [2.24, 2.45) is 0 Å². The molecule has 0 aliphatic rings. The van der Waals surface area contributed by atoms with Gasteiger partial charge in [-0.15, -0.1) is 0 Å². The molecule has 0 spiro atoms. The Kier molecular flexibility index (Phi) is 5.29. The van der Waals surface area contributed by atoms with Crippen LogP contribution >= 0.6 is 0 Å². The summed E-state index contributed by atoms with van der Waals surface area (Å²) in [5.74, 6) is -0.440. The smallest absolute Gasteiger partial charge is 0.274 e. The molecule has 0 unspecified atom stereocenters. The second kappa shape index (κ2) is 7.99. The Labute approximate surface area is 166 Å². The molecule has 4 N–H and O–H groups in total. The molecule has 2 heterocycles. The van der Waals surface area contributed by atoms with Crippen LogP contribution in [0.25, 0.3) is 0 Å². The summed E-state index contributed by atoms with van der Waals surface area (Å²) in [5.41, 5.74) is 9.14. The molecule has 1 aromatic carbocycles. The number of hydrogen-bond acceptors (Lipinski definition) is 7. The third-order valence-corrected chi connectivity index (χ3v) is 4.17. The van der Waals surface area contributed by atoms with E-state index in [4.69, 9.17) is 21.7 Å². The summed E-state index contributed by atoms with van der Waals surface area (Å²) in [6.45, 7) is 1.70. The van der Waals surface area contributed by atoms with Crippen LogP contribution in [-0.4, -0.2) is 21.6 Å². The average Bonchev–Trinajstić information content (AvgIpc) is 2.74. The summed E-state index contributed by atoms with van der Waals surface area (Å²) < 4.78 is 0. The zero-order chi connectivity index (χ0) is 21.0. The Bertz CT molecular complexity index is 1220. The number of nitrogen functional groups attached to an aromatic ring is 1. The second-order valence-electron chi connectivity index (χ2n) is 6.17. The van der Waals surface area contributed by atoms with E-state index in [1.54, 1.807) is 37.3 Å². The van der Waals surface area contributed by atoms with Gasteiger partial charge in [0.2, 0.25) is 0 Å². The van der Waals surface area contributed by atoms with Gasteiger partial charge in [0.05, 0.1) is 11.3 Å². The van der Waals surface area contributed by atoms with Crippen molar-refractivity contribution in [1.29, 1.82) is 15.9 Å². The van der Waals surface area contributed by atoms with Crippen molar-refractivity contribution in [1.82, 2.24) is 9.97 Å². The van der Waals surface area contributed by atoms with Crippen molar-refractivity contribution in [3.63, 3.8) is 0 Å². The highest BCUT2D eigenvalue weighted by molar-refractivity contribution is 6.15. The highest BCUT2D eigenvalue weighted by atomic mass is 16.1. The predicted octanol–water partition coefficient (Wildman–Crippen LogP) is 2.78. The molecule has 8 heteroatoms. The minimum absolute atomic E-state index is 0.102. The number of pyridine rings is 2. The van der Waals surface area contributed by atoms with Gasteiger partial charge in [-0.1, -0.05) is 0 Å². The number of nitrogens with zero attached hydrogens (tertiary/aromatic N) is 4. The van der Waals surface area contributed by atoms with E-state index in [2.05, 4.69) is 15.3 Å². The molecule has 1 amide bonds. The monoisotopic (exact) mass is 381 g/mol. The van der Waals surface area contributed by atoms with Crippen LogP contribution in [-0.2, 0) is 0 Å². The molecule has 0 saturated carbocycles. The van der Waals surface area contributed by atoms with Gasteiger partial charge in [0, 0.05) is 34.9 Å². The molecule has 0 atom stereocenters. The summed E-state index contributed by atoms with van der Waals surface area (Å²) in [6, 6.07) is 13.4. The number of carbonyl (C=O) groups excluding carboxylic acids is 1. The van der Waals surface area contributed by atoms with Crippen molar-refractivity contribution in [3.05, 3.63) is 82.4 Å². The Morgan fingerprint density at radius 1 is 1.14 bits per heavy atom. The molecule has 0 aliphatic heterocycles. The molecular weight excluding hydrogens is 366 g/mol. The standard InChI is InChI=1S/C21H15N7O/c1-12-6-13(9-22)11-27-20(12)21(29)28-15-2-3-18(24)17(8-15)19(25)14-4-5-26-16(7-14)10-23/h2-8,11,25H,24H2,1H3,(H,28,29). The van der Waals surface area contributed by atoms with Gasteiger partial charge in [-0.3, -0.25) is 10.2 Å². The van der Waals surface area contributed by atoms with Crippen LogP contribution in [0, 0.1) is 35.0 Å². The number of nitrogens with one attached hydrogen (secondary N) is 2. The third-order valence-electron chi connectivity index (χ3n) is 4.17. The summed E-state index contributed by atoms with van der Waals surface area (Å²) in [7, 11) is 0. The number of rotatable bonds is 4. The van der Waals surface area contributed by atoms with E-state index in [9.17, 15) is 4.79 Å². The van der Waals surface area contributed by atoms with Crippen LogP contribution in [0.5, 0.6) is 0 Å². The lowest BCUT2D eigenvalue weighted by Gasteiger charge is -2.12. The van der Waals surface area contributed by atoms with Gasteiger partial charge in [0.1, 0.15) is 23.5 Å². The van der Waals surface area contributed by atoms with Crippen LogP contribution in [0.3, 0.4) is 0 Å². The summed E-state index contributed by atoms with van der Waals surface area (Å²) in [5, 5.41) is 29.1. The molecule has 2 aromatic heterocycles. The minimum atomic E-state index is -0.440. The molecule has 29 heavy (non-hydrogen) atoms. The molecule has 3 aromatic rings. The zero-order valence-electron chi connectivity index (χ0n) is 15.4. The molecular formula is C21H15N7O. The van der Waals surface area contributed by atoms with Crippen LogP contribution in [0.4, 0.5) is 11.4 Å². The molecule has 0 saturated heterocycles. The van der Waals surface area contributed by atoms with Crippen molar-refractivity contribution < 1.29 is 4.79 Å². The Morgan fingerprint density at radius 3 is 2.62 bits per heavy atom. The summed E-state index contributed by atoms with van der Waals surface area (Å²) >= 11 is 0. The summed E-state index contributed by atoms with van der Waals surface area (Å²) in [4.78, 5) is 20.5. The first-order chi connectivity index (χ1) is 13.9. The van der Waals surface area contributed by atoms with E-state index < -0.39 is 5.91 Å². The fourth-order valence-corrected chi connectivity index (χ4v) is 2.72. The third kappa shape index (κ3) is 4.07. The SMILES string of the molecule is Cc1cc(C#N)cnc1C(=O)Nc1ccc(N)c(C(=N)c2ccnc(C#N)c2)c1. The quantitative estimate of drug-likeness (QED) is 0.466. The molecule has 140 valence electrons. The van der Waals surface area contributed by atoms with Gasteiger partial charge in [-0.25, -0.2) is 9.97 Å². The number of hydrogen-bond donors (Lipinski definition) is 3. The first kappa shape index (κ1) is 19.2. The van der Waals surface area contributed by atoms with Crippen LogP contribution in [0.1, 0.15) is 38.4 Å². The molecule has 0 fully saturated rings. The first-order valence-electron chi connectivity index (χ1n) is 8.46. The number of carbonyl (C=O) groups is 1. The van der Waals surface area contributed by atoms with E-state index >= 15 is 0 Å². The molecule has 0 radical (unpaired) electrons. The van der Waals surface area contributed by atoms with Gasteiger partial charge in [-0.05, 0) is 48.9 Å². The zero-order valence-corrected chi connectivity index (χ0v) is 15.4. The minimum Gasteiger partial charge on any atom is -0.398 e. The lowest BCUT2D eigenvalue weighted by Crippen LogP contribution is -2.16. The van der Waals surface area contributed by atoms with E-state index in [1.165, 1.54) is 18.5 Å². The largest absolute Gasteiger partial charge is 0.398 e. The molecule has 0 bridgehead atoms. The summed E-state index contributed by atoms with van der Waals surface area (Å²) in [6.07, 6.45) is 2.78. The number of aryl methyl sites for hydroxylation is 1. The average molecular weight is 381 g/mol. The fourth-order valence-electron chi connectivity index (χ4n) is 2.72. The topological polar surface area (TPSA) is 152 Å². The maximum Gasteiger partial charge on any atom is 0.274 e. The van der Waals surface area contributed by atoms with E-state index in [0.717, 1.165) is 0 Å². The van der Waals surface area contributed by atoms with Gasteiger partial charge < -0.3 is 11.1 Å². The Hall–Kier alpha value is -4.56. The maximum atomic E-state index is 12.6. The maximum absolute atomic E-state index is 12.6. The second-order valence-corrected chi connectivity index (χ2v) is 6.17.